The van der Waals surface area contributed by atoms with E-state index in [1.165, 1.54) is 34.6 Å². The van der Waals surface area contributed by atoms with E-state index < -0.39 is 0 Å². The second kappa shape index (κ2) is 7.75. The summed E-state index contributed by atoms with van der Waals surface area (Å²) in [5.74, 6) is 1.19. The molecule has 2 heteroatoms. The van der Waals surface area contributed by atoms with Gasteiger partial charge < -0.3 is 5.11 Å². The molecule has 16 heavy (non-hydrogen) atoms. The zero-order valence-electron chi connectivity index (χ0n) is 10.3. The molecule has 0 fully saturated rings. The number of thioether (sulfide) groups is 1. The van der Waals surface area contributed by atoms with Crippen LogP contribution >= 0.6 is 11.8 Å². The van der Waals surface area contributed by atoms with Gasteiger partial charge in [-0.3, -0.25) is 0 Å². The minimum absolute atomic E-state index is 0.338. The van der Waals surface area contributed by atoms with Crippen molar-refractivity contribution in [2.45, 2.75) is 44.4 Å². The van der Waals surface area contributed by atoms with Gasteiger partial charge in [0.05, 0.1) is 0 Å². The molecule has 0 heterocycles. The van der Waals surface area contributed by atoms with Crippen molar-refractivity contribution in [3.05, 3.63) is 29.3 Å². The van der Waals surface area contributed by atoms with Gasteiger partial charge in [-0.1, -0.05) is 18.9 Å². The van der Waals surface area contributed by atoms with Gasteiger partial charge in [-0.25, -0.2) is 0 Å². The number of rotatable bonds is 7. The lowest BCUT2D eigenvalue weighted by atomic mass is 10.1. The third kappa shape index (κ3) is 5.04. The van der Waals surface area contributed by atoms with Crippen molar-refractivity contribution in [1.82, 2.24) is 0 Å². The lowest BCUT2D eigenvalue weighted by Crippen LogP contribution is -1.86. The predicted molar refractivity (Wildman–Crippen MR) is 72.2 cm³/mol. The van der Waals surface area contributed by atoms with Crippen LogP contribution in [0.5, 0.6) is 0 Å². The Hall–Kier alpha value is -0.470. The van der Waals surface area contributed by atoms with Crippen LogP contribution in [0, 0.1) is 13.8 Å². The van der Waals surface area contributed by atoms with Gasteiger partial charge in [-0.2, -0.15) is 0 Å². The molecule has 1 rings (SSSR count). The lowest BCUT2D eigenvalue weighted by Gasteiger charge is -2.05. The fraction of sp³-hybridized carbons (Fsp3) is 0.571. The van der Waals surface area contributed by atoms with Gasteiger partial charge in [-0.15, -0.1) is 11.8 Å². The Balaban J connectivity index is 2.19. The number of hydrogen-bond donors (Lipinski definition) is 1. The summed E-state index contributed by atoms with van der Waals surface area (Å²) >= 11 is 1.94. The maximum Gasteiger partial charge on any atom is 0.0431 e. The molecule has 0 aliphatic heterocycles. The monoisotopic (exact) mass is 238 g/mol. The molecule has 0 bridgehead atoms. The van der Waals surface area contributed by atoms with E-state index in [0.29, 0.717) is 6.61 Å². The van der Waals surface area contributed by atoms with E-state index >= 15 is 0 Å². The fourth-order valence-electron chi connectivity index (χ4n) is 1.56. The van der Waals surface area contributed by atoms with Crippen LogP contribution in [0.4, 0.5) is 0 Å². The molecule has 0 spiro atoms. The summed E-state index contributed by atoms with van der Waals surface area (Å²) in [5, 5.41) is 8.65. The van der Waals surface area contributed by atoms with Crippen LogP contribution < -0.4 is 0 Å². The maximum atomic E-state index is 8.65. The smallest absolute Gasteiger partial charge is 0.0431 e. The first-order chi connectivity index (χ1) is 7.74. The molecule has 0 saturated carbocycles. The standard InChI is InChI=1S/C14H22OS/c1-12-7-8-14(11-13(12)2)16-10-6-4-3-5-9-15/h7-8,11,15H,3-6,9-10H2,1-2H3. The molecule has 1 aromatic rings. The van der Waals surface area contributed by atoms with Crippen LogP contribution in [0.2, 0.25) is 0 Å². The van der Waals surface area contributed by atoms with E-state index in [1.54, 1.807) is 0 Å². The van der Waals surface area contributed by atoms with E-state index in [2.05, 4.69) is 32.0 Å². The number of benzene rings is 1. The summed E-state index contributed by atoms with van der Waals surface area (Å²) in [4.78, 5) is 1.38. The molecule has 1 nitrogen and oxygen atoms in total. The van der Waals surface area contributed by atoms with Gasteiger partial charge in [0, 0.05) is 11.5 Å². The van der Waals surface area contributed by atoms with Gasteiger partial charge in [0.25, 0.3) is 0 Å². The fourth-order valence-corrected chi connectivity index (χ4v) is 2.57. The van der Waals surface area contributed by atoms with Crippen molar-refractivity contribution < 1.29 is 5.11 Å². The minimum atomic E-state index is 0.338. The first-order valence-corrected chi connectivity index (χ1v) is 7.03. The molecular formula is C14H22OS. The van der Waals surface area contributed by atoms with Crippen molar-refractivity contribution in [2.75, 3.05) is 12.4 Å². The predicted octanol–water partition coefficient (Wildman–Crippen LogP) is 3.95. The number of aliphatic hydroxyl groups excluding tert-OH is 1. The van der Waals surface area contributed by atoms with Crippen LogP contribution in [-0.4, -0.2) is 17.5 Å². The topological polar surface area (TPSA) is 20.2 Å². The van der Waals surface area contributed by atoms with Crippen LogP contribution in [0.3, 0.4) is 0 Å². The van der Waals surface area contributed by atoms with Gasteiger partial charge in [-0.05, 0) is 55.7 Å². The Bertz CT molecular complexity index is 310. The number of aliphatic hydroxyl groups is 1. The van der Waals surface area contributed by atoms with E-state index in [4.69, 9.17) is 5.11 Å². The van der Waals surface area contributed by atoms with Crippen molar-refractivity contribution >= 4 is 11.8 Å². The Morgan fingerprint density at radius 3 is 2.44 bits per heavy atom. The highest BCUT2D eigenvalue weighted by Crippen LogP contribution is 2.22. The van der Waals surface area contributed by atoms with E-state index in [0.717, 1.165) is 12.8 Å². The van der Waals surface area contributed by atoms with Gasteiger partial charge in [0.2, 0.25) is 0 Å². The third-order valence-corrected chi connectivity index (χ3v) is 3.88. The largest absolute Gasteiger partial charge is 0.396 e. The molecule has 90 valence electrons. The molecule has 0 unspecified atom stereocenters. The van der Waals surface area contributed by atoms with Gasteiger partial charge >= 0.3 is 0 Å². The molecular weight excluding hydrogens is 216 g/mol. The molecule has 0 aliphatic carbocycles. The lowest BCUT2D eigenvalue weighted by molar-refractivity contribution is 0.283. The summed E-state index contributed by atoms with van der Waals surface area (Å²) in [6.45, 7) is 4.66. The summed E-state index contributed by atoms with van der Waals surface area (Å²) in [5.41, 5.74) is 2.75. The second-order valence-electron chi connectivity index (χ2n) is 4.23. The minimum Gasteiger partial charge on any atom is -0.396 e. The SMILES string of the molecule is Cc1ccc(SCCCCCCO)cc1C. The molecule has 0 amide bonds. The highest BCUT2D eigenvalue weighted by Gasteiger charge is 1.97. The molecule has 1 aromatic carbocycles. The van der Waals surface area contributed by atoms with Crippen molar-refractivity contribution in [3.8, 4) is 0 Å². The summed E-state index contributed by atoms with van der Waals surface area (Å²) in [6, 6.07) is 6.68. The normalized spacial score (nSPS) is 10.7. The molecule has 1 N–H and O–H groups in total. The molecule has 0 aliphatic rings. The van der Waals surface area contributed by atoms with Crippen LogP contribution in [0.25, 0.3) is 0 Å². The first-order valence-electron chi connectivity index (χ1n) is 6.05. The average molecular weight is 238 g/mol. The second-order valence-corrected chi connectivity index (χ2v) is 5.40. The quantitative estimate of drug-likeness (QED) is 0.573. The van der Waals surface area contributed by atoms with Crippen LogP contribution in [-0.2, 0) is 0 Å². The highest BCUT2D eigenvalue weighted by molar-refractivity contribution is 7.99. The Labute approximate surface area is 103 Å². The molecule has 0 aromatic heterocycles. The van der Waals surface area contributed by atoms with E-state index in [1.807, 2.05) is 11.8 Å². The molecule has 0 saturated heterocycles. The zero-order valence-corrected chi connectivity index (χ0v) is 11.1. The maximum absolute atomic E-state index is 8.65. The molecule has 0 radical (unpaired) electrons. The van der Waals surface area contributed by atoms with Gasteiger partial charge in [0.15, 0.2) is 0 Å². The Morgan fingerprint density at radius 1 is 1.00 bits per heavy atom. The van der Waals surface area contributed by atoms with Crippen LogP contribution in [0.15, 0.2) is 23.1 Å². The summed E-state index contributed by atoms with van der Waals surface area (Å²) in [7, 11) is 0. The van der Waals surface area contributed by atoms with Crippen molar-refractivity contribution in [1.29, 1.82) is 0 Å². The Morgan fingerprint density at radius 2 is 1.75 bits per heavy atom. The number of aryl methyl sites for hydroxylation is 2. The van der Waals surface area contributed by atoms with Crippen LogP contribution in [0.1, 0.15) is 36.8 Å². The number of hydrogen-bond acceptors (Lipinski definition) is 2. The third-order valence-electron chi connectivity index (χ3n) is 2.80. The summed E-state index contributed by atoms with van der Waals surface area (Å²) in [6.07, 6.45) is 4.59. The number of unbranched alkanes of at least 4 members (excludes halogenated alkanes) is 3. The highest BCUT2D eigenvalue weighted by atomic mass is 32.2. The van der Waals surface area contributed by atoms with Crippen molar-refractivity contribution in [3.63, 3.8) is 0 Å². The van der Waals surface area contributed by atoms with Gasteiger partial charge in [0.1, 0.15) is 0 Å². The first kappa shape index (κ1) is 13.6. The van der Waals surface area contributed by atoms with Crippen molar-refractivity contribution in [2.24, 2.45) is 0 Å². The summed E-state index contributed by atoms with van der Waals surface area (Å²) < 4.78 is 0. The Kier molecular flexibility index (Phi) is 6.58. The molecule has 0 atom stereocenters. The van der Waals surface area contributed by atoms with E-state index in [-0.39, 0.29) is 0 Å². The zero-order chi connectivity index (χ0) is 11.8. The average Bonchev–Trinajstić information content (AvgIpc) is 2.28. The van der Waals surface area contributed by atoms with E-state index in [9.17, 15) is 0 Å².